The minimum atomic E-state index is 0. The zero-order valence-corrected chi connectivity index (χ0v) is 26.5. The van der Waals surface area contributed by atoms with Crippen molar-refractivity contribution in [1.82, 2.24) is 9.13 Å². The van der Waals surface area contributed by atoms with Crippen molar-refractivity contribution < 1.29 is 57.1 Å². The Balaban J connectivity index is 0.00000544. The second-order valence-corrected chi connectivity index (χ2v) is 10.00. The molecule has 6 heteroatoms. The molecule has 0 fully saturated rings. The van der Waals surface area contributed by atoms with Crippen molar-refractivity contribution in [3.05, 3.63) is 37.4 Å². The molecule has 2 rings (SSSR count). The predicted octanol–water partition coefficient (Wildman–Crippen LogP) is 0.669. The molecule has 2 aromatic heterocycles. The number of rotatable bonds is 21. The lowest BCUT2D eigenvalue weighted by Gasteiger charge is -2.04. The summed E-state index contributed by atoms with van der Waals surface area (Å²) in [6, 6.07) is 0. The number of imidazole rings is 2. The van der Waals surface area contributed by atoms with Crippen LogP contribution in [0, 0.1) is 0 Å². The third-order valence-corrected chi connectivity index (χ3v) is 6.73. The van der Waals surface area contributed by atoms with Crippen LogP contribution in [-0.2, 0) is 27.2 Å². The van der Waals surface area contributed by atoms with E-state index in [1.807, 2.05) is 0 Å². The van der Waals surface area contributed by atoms with E-state index in [1.54, 1.807) is 0 Å². The first kappa shape index (κ1) is 33.9. The van der Waals surface area contributed by atoms with Crippen molar-refractivity contribution in [2.24, 2.45) is 14.1 Å². The van der Waals surface area contributed by atoms with E-state index in [4.69, 9.17) is 0 Å². The second kappa shape index (κ2) is 23.3. The maximum atomic E-state index is 2.30. The van der Waals surface area contributed by atoms with Crippen LogP contribution >= 0.6 is 0 Å². The Kier molecular flexibility index (Phi) is 23.2. The van der Waals surface area contributed by atoms with E-state index in [-0.39, 0.29) is 48.0 Å². The lowest BCUT2D eigenvalue weighted by molar-refractivity contribution is -0.671. The van der Waals surface area contributed by atoms with Gasteiger partial charge in [0.15, 0.2) is 0 Å². The zero-order chi connectivity index (χ0) is 22.7. The van der Waals surface area contributed by atoms with E-state index >= 15 is 0 Å². The van der Waals surface area contributed by atoms with Gasteiger partial charge in [-0.05, 0) is 25.7 Å². The molecule has 0 aliphatic rings. The molecule has 0 N–H and O–H groups in total. The predicted molar refractivity (Wildman–Crippen MR) is 134 cm³/mol. The summed E-state index contributed by atoms with van der Waals surface area (Å²) in [5.41, 5.74) is 0. The van der Waals surface area contributed by atoms with Crippen LogP contribution in [0.2, 0.25) is 0 Å². The van der Waals surface area contributed by atoms with Crippen LogP contribution in [0.1, 0.15) is 116 Å². The molecule has 0 spiro atoms. The molecule has 2 aromatic rings. The highest BCUT2D eigenvalue weighted by Crippen LogP contribution is 2.14. The fourth-order valence-corrected chi connectivity index (χ4v) is 4.69. The Hall–Kier alpha value is -0.120. The summed E-state index contributed by atoms with van der Waals surface area (Å²) in [6.45, 7) is 2.35. The molecule has 4 nitrogen and oxygen atoms in total. The van der Waals surface area contributed by atoms with Crippen molar-refractivity contribution in [3.8, 4) is 0 Å². The molecule has 0 bridgehead atoms. The first-order chi connectivity index (χ1) is 15.7. The van der Waals surface area contributed by atoms with Crippen molar-refractivity contribution in [1.29, 1.82) is 0 Å². The van der Waals surface area contributed by atoms with Gasteiger partial charge in [0.2, 0.25) is 12.7 Å². The van der Waals surface area contributed by atoms with Crippen LogP contribution in [-0.4, -0.2) is 9.13 Å². The van der Waals surface area contributed by atoms with Gasteiger partial charge in [0, 0.05) is 0 Å². The summed E-state index contributed by atoms with van der Waals surface area (Å²) in [5, 5.41) is 0. The van der Waals surface area contributed by atoms with E-state index in [9.17, 15) is 0 Å². The Labute approximate surface area is 245 Å². The Bertz CT molecular complexity index is 625. The second-order valence-electron chi connectivity index (χ2n) is 10.00. The fraction of sp³-hybridized carbons (Fsp3) is 0.786. The quantitative estimate of drug-likeness (QED) is 0.104. The van der Waals surface area contributed by atoms with Gasteiger partial charge in [0.05, 0.1) is 27.2 Å². The molecule has 198 valence electrons. The average Bonchev–Trinajstić information content (AvgIpc) is 3.39. The molecule has 0 saturated heterocycles. The smallest absolute Gasteiger partial charge is 0.243 e. The van der Waals surface area contributed by atoms with Crippen molar-refractivity contribution in [3.63, 3.8) is 0 Å². The molecule has 0 unspecified atom stereocenters. The number of hydrogen-bond donors (Lipinski definition) is 0. The van der Waals surface area contributed by atoms with Crippen LogP contribution in [0.25, 0.3) is 0 Å². The van der Waals surface area contributed by atoms with E-state index < -0.39 is 0 Å². The number of aromatic nitrogens is 4. The SMILES string of the molecule is C[n+]1ccn(CCCCCCCCCCCCCCCCCCCCn2cc[n+](C)c2)c1.[I-].[I-]. The molecule has 0 radical (unpaired) electrons. The van der Waals surface area contributed by atoms with Crippen molar-refractivity contribution in [2.45, 2.75) is 129 Å². The summed E-state index contributed by atoms with van der Waals surface area (Å²) in [5.74, 6) is 0. The lowest BCUT2D eigenvalue weighted by atomic mass is 10.0. The number of aryl methyl sites for hydroxylation is 4. The van der Waals surface area contributed by atoms with Crippen molar-refractivity contribution >= 4 is 0 Å². The summed E-state index contributed by atoms with van der Waals surface area (Å²) in [7, 11) is 4.18. The molecule has 0 saturated carbocycles. The highest BCUT2D eigenvalue weighted by molar-refractivity contribution is 4.66. The molecular weight excluding hydrogens is 646 g/mol. The summed E-state index contributed by atoms with van der Waals surface area (Å²) >= 11 is 0. The fourth-order valence-electron chi connectivity index (χ4n) is 4.69. The van der Waals surface area contributed by atoms with E-state index in [1.165, 1.54) is 129 Å². The minimum absolute atomic E-state index is 0. The number of hydrogen-bond acceptors (Lipinski definition) is 0. The zero-order valence-electron chi connectivity index (χ0n) is 22.2. The monoisotopic (exact) mass is 698 g/mol. The normalized spacial score (nSPS) is 10.8. The molecule has 34 heavy (non-hydrogen) atoms. The van der Waals surface area contributed by atoms with Gasteiger partial charge in [-0.3, -0.25) is 0 Å². The molecule has 0 aliphatic carbocycles. The van der Waals surface area contributed by atoms with Gasteiger partial charge in [-0.1, -0.05) is 89.9 Å². The molecular formula is C28H52I2N4. The maximum Gasteiger partial charge on any atom is 0.243 e. The molecule has 0 aromatic carbocycles. The third kappa shape index (κ3) is 18.2. The highest BCUT2D eigenvalue weighted by atomic mass is 127. The molecule has 0 atom stereocenters. The standard InChI is InChI=1S/C28H52N4.2HI/c1-29-23-25-31(27-29)21-19-17-15-13-11-9-7-5-3-4-6-8-10-12-14-16-18-20-22-32-26-24-30(2)28-32;;/h23-28H,3-22H2,1-2H3;2*1H/q+2;;/p-2. The largest absolute Gasteiger partial charge is 1.00 e. The molecule has 0 aliphatic heterocycles. The average molecular weight is 699 g/mol. The van der Waals surface area contributed by atoms with Crippen LogP contribution in [0.3, 0.4) is 0 Å². The van der Waals surface area contributed by atoms with E-state index in [2.05, 4.69) is 69.8 Å². The van der Waals surface area contributed by atoms with Gasteiger partial charge in [0.1, 0.15) is 24.8 Å². The first-order valence-electron chi connectivity index (χ1n) is 13.8. The van der Waals surface area contributed by atoms with Gasteiger partial charge < -0.3 is 48.0 Å². The van der Waals surface area contributed by atoms with E-state index in [0.29, 0.717) is 0 Å². The maximum absolute atomic E-state index is 2.30. The van der Waals surface area contributed by atoms with Gasteiger partial charge in [-0.2, -0.15) is 0 Å². The summed E-state index contributed by atoms with van der Waals surface area (Å²) in [6.07, 6.45) is 38.6. The highest BCUT2D eigenvalue weighted by Gasteiger charge is 2.00. The van der Waals surface area contributed by atoms with Gasteiger partial charge in [-0.25, -0.2) is 18.3 Å². The van der Waals surface area contributed by atoms with Crippen LogP contribution in [0.15, 0.2) is 37.4 Å². The molecule has 2 heterocycles. The van der Waals surface area contributed by atoms with Gasteiger partial charge in [0.25, 0.3) is 0 Å². The Morgan fingerprint density at radius 1 is 0.412 bits per heavy atom. The Morgan fingerprint density at radius 2 is 0.647 bits per heavy atom. The summed E-state index contributed by atoms with van der Waals surface area (Å²) in [4.78, 5) is 0. The van der Waals surface area contributed by atoms with Gasteiger partial charge in [-0.15, -0.1) is 0 Å². The number of unbranched alkanes of at least 4 members (excludes halogenated alkanes) is 17. The van der Waals surface area contributed by atoms with Crippen LogP contribution < -0.4 is 57.1 Å². The van der Waals surface area contributed by atoms with E-state index in [0.717, 1.165) is 0 Å². The summed E-state index contributed by atoms with van der Waals surface area (Å²) < 4.78 is 8.84. The lowest BCUT2D eigenvalue weighted by Crippen LogP contribution is -3.00. The van der Waals surface area contributed by atoms with Crippen molar-refractivity contribution in [2.75, 3.05) is 0 Å². The van der Waals surface area contributed by atoms with Crippen LogP contribution in [0.5, 0.6) is 0 Å². The number of halogens is 2. The van der Waals surface area contributed by atoms with Gasteiger partial charge >= 0.3 is 0 Å². The van der Waals surface area contributed by atoms with Crippen LogP contribution in [0.4, 0.5) is 0 Å². The first-order valence-corrected chi connectivity index (χ1v) is 13.8. The number of nitrogens with zero attached hydrogens (tertiary/aromatic N) is 4. The third-order valence-electron chi connectivity index (χ3n) is 6.73. The minimum Gasteiger partial charge on any atom is -1.00 e. The molecule has 0 amide bonds. The Morgan fingerprint density at radius 3 is 0.853 bits per heavy atom. The topological polar surface area (TPSA) is 17.6 Å².